The van der Waals surface area contributed by atoms with E-state index in [0.717, 1.165) is 10.9 Å². The van der Waals surface area contributed by atoms with Gasteiger partial charge in [-0.15, -0.1) is 0 Å². The van der Waals surface area contributed by atoms with Gasteiger partial charge in [-0.2, -0.15) is 0 Å². The molecular weight excluding hydrogens is 216 g/mol. The van der Waals surface area contributed by atoms with Gasteiger partial charge < -0.3 is 10.4 Å². The van der Waals surface area contributed by atoms with Crippen molar-refractivity contribution in [2.45, 2.75) is 13.0 Å². The number of rotatable bonds is 3. The van der Waals surface area contributed by atoms with Gasteiger partial charge in [-0.05, 0) is 31.2 Å². The molecule has 4 heteroatoms. The zero-order chi connectivity index (χ0) is 12.3. The van der Waals surface area contributed by atoms with Gasteiger partial charge in [0.15, 0.2) is 0 Å². The molecule has 0 fully saturated rings. The van der Waals surface area contributed by atoms with Crippen molar-refractivity contribution in [2.24, 2.45) is 0 Å². The lowest BCUT2D eigenvalue weighted by Crippen LogP contribution is -2.34. The molecule has 1 aromatic carbocycles. The van der Waals surface area contributed by atoms with Gasteiger partial charge in [0.25, 0.3) is 5.91 Å². The van der Waals surface area contributed by atoms with Gasteiger partial charge in [0.2, 0.25) is 0 Å². The molecule has 0 saturated heterocycles. The lowest BCUT2D eigenvalue weighted by atomic mass is 10.1. The van der Waals surface area contributed by atoms with E-state index in [1.54, 1.807) is 25.3 Å². The van der Waals surface area contributed by atoms with Crippen LogP contribution in [0.1, 0.15) is 17.3 Å². The Morgan fingerprint density at radius 3 is 3.06 bits per heavy atom. The fourth-order valence-corrected chi connectivity index (χ4v) is 1.57. The highest BCUT2D eigenvalue weighted by molar-refractivity contribution is 5.98. The summed E-state index contributed by atoms with van der Waals surface area (Å²) in [5, 5.41) is 12.5. The number of hydrogen-bond acceptors (Lipinski definition) is 3. The molecule has 1 aromatic heterocycles. The average molecular weight is 230 g/mol. The van der Waals surface area contributed by atoms with E-state index in [1.165, 1.54) is 0 Å². The van der Waals surface area contributed by atoms with Gasteiger partial charge in [-0.25, -0.2) is 0 Å². The quantitative estimate of drug-likeness (QED) is 0.836. The summed E-state index contributed by atoms with van der Waals surface area (Å²) >= 11 is 0. The molecule has 2 N–H and O–H groups in total. The van der Waals surface area contributed by atoms with Crippen LogP contribution in [0.2, 0.25) is 0 Å². The summed E-state index contributed by atoms with van der Waals surface area (Å²) in [4.78, 5) is 16.0. The van der Waals surface area contributed by atoms with Crippen molar-refractivity contribution in [1.29, 1.82) is 0 Å². The lowest BCUT2D eigenvalue weighted by Gasteiger charge is -2.10. The fraction of sp³-hybridized carbons (Fsp3) is 0.231. The number of pyridine rings is 1. The molecule has 0 spiro atoms. The third-order valence-electron chi connectivity index (χ3n) is 2.52. The smallest absolute Gasteiger partial charge is 0.251 e. The Labute approximate surface area is 99.3 Å². The molecule has 4 nitrogen and oxygen atoms in total. The van der Waals surface area contributed by atoms with Crippen LogP contribution in [0.25, 0.3) is 10.9 Å². The minimum absolute atomic E-state index is 0.0686. The van der Waals surface area contributed by atoms with Crippen molar-refractivity contribution >= 4 is 16.8 Å². The molecule has 0 aliphatic heterocycles. The summed E-state index contributed by atoms with van der Waals surface area (Å²) in [6.07, 6.45) is 1.72. The van der Waals surface area contributed by atoms with Crippen molar-refractivity contribution in [3.8, 4) is 0 Å². The second-order valence-corrected chi connectivity index (χ2v) is 3.97. The van der Waals surface area contributed by atoms with Crippen LogP contribution in [0.3, 0.4) is 0 Å². The molecule has 0 unspecified atom stereocenters. The van der Waals surface area contributed by atoms with Gasteiger partial charge >= 0.3 is 0 Å². The summed E-state index contributed by atoms with van der Waals surface area (Å²) in [6.45, 7) is 1.68. The average Bonchev–Trinajstić information content (AvgIpc) is 2.38. The van der Waals surface area contributed by atoms with E-state index in [0.29, 0.717) is 5.56 Å². The number of aromatic nitrogens is 1. The monoisotopic (exact) mass is 230 g/mol. The molecule has 1 heterocycles. The number of carbonyl (C=O) groups excluding carboxylic acids is 1. The molecule has 2 aromatic rings. The first-order valence-electron chi connectivity index (χ1n) is 5.47. The minimum Gasteiger partial charge on any atom is -0.394 e. The van der Waals surface area contributed by atoms with Crippen molar-refractivity contribution in [3.05, 3.63) is 42.1 Å². The van der Waals surface area contributed by atoms with E-state index in [1.807, 2.05) is 18.2 Å². The summed E-state index contributed by atoms with van der Waals surface area (Å²) in [5.41, 5.74) is 1.44. The summed E-state index contributed by atoms with van der Waals surface area (Å²) in [6, 6.07) is 8.84. The molecule has 1 amide bonds. The van der Waals surface area contributed by atoms with Crippen molar-refractivity contribution in [1.82, 2.24) is 10.3 Å². The van der Waals surface area contributed by atoms with Crippen LogP contribution >= 0.6 is 0 Å². The normalized spacial score (nSPS) is 12.4. The molecule has 0 saturated carbocycles. The van der Waals surface area contributed by atoms with E-state index in [-0.39, 0.29) is 18.6 Å². The first-order valence-corrected chi connectivity index (χ1v) is 5.47. The second kappa shape index (κ2) is 4.93. The SMILES string of the molecule is C[C@H](CO)NC(=O)c1ccc2ncccc2c1. The Morgan fingerprint density at radius 1 is 1.47 bits per heavy atom. The Bertz CT molecular complexity index is 540. The maximum Gasteiger partial charge on any atom is 0.251 e. The number of hydrogen-bond donors (Lipinski definition) is 2. The topological polar surface area (TPSA) is 62.2 Å². The molecule has 0 aliphatic rings. The number of carbonyl (C=O) groups is 1. The number of amides is 1. The summed E-state index contributed by atoms with van der Waals surface area (Å²) in [5.74, 6) is -0.183. The first kappa shape index (κ1) is 11.5. The van der Waals surface area contributed by atoms with Crippen LogP contribution < -0.4 is 5.32 Å². The van der Waals surface area contributed by atoms with Crippen LogP contribution in [0.15, 0.2) is 36.5 Å². The zero-order valence-corrected chi connectivity index (χ0v) is 9.55. The minimum atomic E-state index is -0.243. The van der Waals surface area contributed by atoms with E-state index < -0.39 is 0 Å². The number of aliphatic hydroxyl groups is 1. The van der Waals surface area contributed by atoms with Gasteiger partial charge in [0.05, 0.1) is 12.1 Å². The number of aliphatic hydroxyl groups excluding tert-OH is 1. The molecule has 17 heavy (non-hydrogen) atoms. The molecule has 2 rings (SSSR count). The van der Waals surface area contributed by atoms with Gasteiger partial charge in [0.1, 0.15) is 0 Å². The Hall–Kier alpha value is -1.94. The van der Waals surface area contributed by atoms with Crippen LogP contribution in [0.4, 0.5) is 0 Å². The highest BCUT2D eigenvalue weighted by Crippen LogP contribution is 2.13. The predicted octanol–water partition coefficient (Wildman–Crippen LogP) is 1.35. The Morgan fingerprint density at radius 2 is 2.29 bits per heavy atom. The summed E-state index contributed by atoms with van der Waals surface area (Å²) in [7, 11) is 0. The predicted molar refractivity (Wildman–Crippen MR) is 65.8 cm³/mol. The van der Waals surface area contributed by atoms with Gasteiger partial charge in [0, 0.05) is 23.2 Å². The molecular formula is C13H14N2O2. The van der Waals surface area contributed by atoms with Crippen molar-refractivity contribution in [2.75, 3.05) is 6.61 Å². The van der Waals surface area contributed by atoms with Crippen LogP contribution in [0.5, 0.6) is 0 Å². The summed E-state index contributed by atoms with van der Waals surface area (Å²) < 4.78 is 0. The maximum absolute atomic E-state index is 11.8. The highest BCUT2D eigenvalue weighted by Gasteiger charge is 2.09. The number of fused-ring (bicyclic) bond motifs is 1. The first-order chi connectivity index (χ1) is 8.20. The zero-order valence-electron chi connectivity index (χ0n) is 9.55. The molecule has 0 radical (unpaired) electrons. The lowest BCUT2D eigenvalue weighted by molar-refractivity contribution is 0.0922. The van der Waals surface area contributed by atoms with Gasteiger partial charge in [-0.1, -0.05) is 6.07 Å². The highest BCUT2D eigenvalue weighted by atomic mass is 16.3. The largest absolute Gasteiger partial charge is 0.394 e. The molecule has 0 aliphatic carbocycles. The third-order valence-corrected chi connectivity index (χ3v) is 2.52. The Balaban J connectivity index is 2.27. The number of nitrogens with zero attached hydrogens (tertiary/aromatic N) is 1. The fourth-order valence-electron chi connectivity index (χ4n) is 1.57. The van der Waals surface area contributed by atoms with E-state index in [2.05, 4.69) is 10.3 Å². The van der Waals surface area contributed by atoms with Crippen molar-refractivity contribution in [3.63, 3.8) is 0 Å². The second-order valence-electron chi connectivity index (χ2n) is 3.97. The molecule has 1 atom stereocenters. The van der Waals surface area contributed by atoms with Gasteiger partial charge in [-0.3, -0.25) is 9.78 Å². The maximum atomic E-state index is 11.8. The van der Waals surface area contributed by atoms with Crippen LogP contribution in [0, 0.1) is 0 Å². The Kier molecular flexibility index (Phi) is 3.35. The van der Waals surface area contributed by atoms with Crippen LogP contribution in [-0.2, 0) is 0 Å². The van der Waals surface area contributed by atoms with E-state index >= 15 is 0 Å². The van der Waals surface area contributed by atoms with Crippen molar-refractivity contribution < 1.29 is 9.90 Å². The standard InChI is InChI=1S/C13H14N2O2/c1-9(8-16)15-13(17)11-4-5-12-10(7-11)3-2-6-14-12/h2-7,9,16H,8H2,1H3,(H,15,17)/t9-/m1/s1. The molecule has 0 bridgehead atoms. The number of benzene rings is 1. The van der Waals surface area contributed by atoms with E-state index in [9.17, 15) is 4.79 Å². The van der Waals surface area contributed by atoms with Crippen LogP contribution in [-0.4, -0.2) is 28.6 Å². The van der Waals surface area contributed by atoms with E-state index in [4.69, 9.17) is 5.11 Å². The third kappa shape index (κ3) is 2.60. The number of nitrogens with one attached hydrogen (secondary N) is 1. The molecule has 88 valence electrons.